The molecular formula is C17H26N2O2. The zero-order valence-electron chi connectivity index (χ0n) is 12.9. The molecule has 1 aromatic rings. The van der Waals surface area contributed by atoms with Crippen LogP contribution in [0.2, 0.25) is 0 Å². The monoisotopic (exact) mass is 290 g/mol. The third-order valence-electron chi connectivity index (χ3n) is 4.72. The van der Waals surface area contributed by atoms with Crippen LogP contribution in [0.5, 0.6) is 11.5 Å². The van der Waals surface area contributed by atoms with Gasteiger partial charge in [0.1, 0.15) is 13.2 Å². The first-order chi connectivity index (χ1) is 10.2. The lowest BCUT2D eigenvalue weighted by atomic mass is 9.81. The average molecular weight is 290 g/mol. The number of ether oxygens (including phenoxy) is 2. The van der Waals surface area contributed by atoms with Gasteiger partial charge < -0.3 is 20.5 Å². The fourth-order valence-corrected chi connectivity index (χ4v) is 3.29. The molecule has 0 aromatic heterocycles. The molecule has 3 rings (SSSR count). The summed E-state index contributed by atoms with van der Waals surface area (Å²) in [4.78, 5) is 0. The van der Waals surface area contributed by atoms with Crippen molar-refractivity contribution in [1.29, 1.82) is 0 Å². The summed E-state index contributed by atoms with van der Waals surface area (Å²) in [6.07, 6.45) is 6.74. The number of benzene rings is 1. The van der Waals surface area contributed by atoms with Gasteiger partial charge in [0.25, 0.3) is 0 Å². The summed E-state index contributed by atoms with van der Waals surface area (Å²) in [5.74, 6) is 3.34. The molecule has 3 N–H and O–H groups in total. The second kappa shape index (κ2) is 6.46. The van der Waals surface area contributed by atoms with Gasteiger partial charge in [-0.1, -0.05) is 32.6 Å². The summed E-state index contributed by atoms with van der Waals surface area (Å²) in [5.41, 5.74) is 7.78. The zero-order valence-corrected chi connectivity index (χ0v) is 12.9. The minimum atomic E-state index is 0.597. The fourth-order valence-electron chi connectivity index (χ4n) is 3.29. The van der Waals surface area contributed by atoms with E-state index in [4.69, 9.17) is 15.2 Å². The Hall–Kier alpha value is -1.58. The molecule has 1 saturated carbocycles. The first-order valence-electron chi connectivity index (χ1n) is 8.15. The van der Waals surface area contributed by atoms with Crippen LogP contribution in [-0.2, 0) is 0 Å². The van der Waals surface area contributed by atoms with Gasteiger partial charge in [0.15, 0.2) is 11.5 Å². The molecule has 0 bridgehead atoms. The van der Waals surface area contributed by atoms with E-state index in [0.29, 0.717) is 13.2 Å². The molecule has 21 heavy (non-hydrogen) atoms. The third-order valence-corrected chi connectivity index (χ3v) is 4.72. The van der Waals surface area contributed by atoms with Crippen LogP contribution in [0.3, 0.4) is 0 Å². The van der Waals surface area contributed by atoms with Crippen LogP contribution < -0.4 is 20.5 Å². The number of hydrogen-bond acceptors (Lipinski definition) is 4. The van der Waals surface area contributed by atoms with E-state index in [1.807, 2.05) is 12.1 Å². The summed E-state index contributed by atoms with van der Waals surface area (Å²) in [7, 11) is 0. The first kappa shape index (κ1) is 14.4. The van der Waals surface area contributed by atoms with E-state index in [-0.39, 0.29) is 0 Å². The summed E-state index contributed by atoms with van der Waals surface area (Å²) in [6, 6.07) is 3.83. The predicted octanol–water partition coefficient (Wildman–Crippen LogP) is 3.67. The summed E-state index contributed by atoms with van der Waals surface area (Å²) < 4.78 is 11.1. The Morgan fingerprint density at radius 3 is 2.48 bits per heavy atom. The standard InChI is InChI=1S/C17H26N2O2/c1-12-2-4-13(5-3-12)6-7-19-15-11-17-16(10-14(15)18)20-8-9-21-17/h10-13,19H,2-9,18H2,1H3. The molecule has 4 heteroatoms. The van der Waals surface area contributed by atoms with Crippen LogP contribution in [0.1, 0.15) is 39.0 Å². The van der Waals surface area contributed by atoms with Crippen LogP contribution in [-0.4, -0.2) is 19.8 Å². The lowest BCUT2D eigenvalue weighted by molar-refractivity contribution is 0.172. The number of anilines is 2. The van der Waals surface area contributed by atoms with Gasteiger partial charge in [-0.05, 0) is 18.3 Å². The van der Waals surface area contributed by atoms with Crippen molar-refractivity contribution in [3.05, 3.63) is 12.1 Å². The molecule has 1 fully saturated rings. The van der Waals surface area contributed by atoms with E-state index in [1.54, 1.807) is 0 Å². The largest absolute Gasteiger partial charge is 0.486 e. The Bertz CT molecular complexity index is 482. The van der Waals surface area contributed by atoms with Gasteiger partial charge in [0, 0.05) is 18.7 Å². The van der Waals surface area contributed by atoms with Gasteiger partial charge in [-0.25, -0.2) is 0 Å². The van der Waals surface area contributed by atoms with Crippen LogP contribution >= 0.6 is 0 Å². The first-order valence-corrected chi connectivity index (χ1v) is 8.15. The number of nitrogens with one attached hydrogen (secondary N) is 1. The molecule has 1 aromatic carbocycles. The van der Waals surface area contributed by atoms with Crippen molar-refractivity contribution in [2.24, 2.45) is 11.8 Å². The Kier molecular flexibility index (Phi) is 4.42. The minimum absolute atomic E-state index is 0.597. The molecule has 1 heterocycles. The highest BCUT2D eigenvalue weighted by molar-refractivity contribution is 5.72. The van der Waals surface area contributed by atoms with E-state index in [9.17, 15) is 0 Å². The Balaban J connectivity index is 1.53. The smallest absolute Gasteiger partial charge is 0.163 e. The van der Waals surface area contributed by atoms with E-state index in [1.165, 1.54) is 32.1 Å². The van der Waals surface area contributed by atoms with Crippen LogP contribution in [0.4, 0.5) is 11.4 Å². The van der Waals surface area contributed by atoms with Crippen molar-refractivity contribution in [3.63, 3.8) is 0 Å². The second-order valence-electron chi connectivity index (χ2n) is 6.42. The topological polar surface area (TPSA) is 56.5 Å². The van der Waals surface area contributed by atoms with Crippen LogP contribution in [0.25, 0.3) is 0 Å². The van der Waals surface area contributed by atoms with Gasteiger partial charge in [-0.15, -0.1) is 0 Å². The van der Waals surface area contributed by atoms with Crippen LogP contribution in [0.15, 0.2) is 12.1 Å². The van der Waals surface area contributed by atoms with Gasteiger partial charge in [-0.3, -0.25) is 0 Å². The number of hydrogen-bond donors (Lipinski definition) is 2. The molecule has 116 valence electrons. The van der Waals surface area contributed by atoms with Crippen molar-refractivity contribution in [2.45, 2.75) is 39.0 Å². The highest BCUT2D eigenvalue weighted by atomic mass is 16.6. The van der Waals surface area contributed by atoms with Crippen molar-refractivity contribution in [1.82, 2.24) is 0 Å². The SMILES string of the molecule is CC1CCC(CCNc2cc3c(cc2N)OCCO3)CC1. The number of fused-ring (bicyclic) bond motifs is 1. The number of nitrogens with two attached hydrogens (primary N) is 1. The van der Waals surface area contributed by atoms with Crippen molar-refractivity contribution in [2.75, 3.05) is 30.8 Å². The normalized spacial score (nSPS) is 24.6. The number of nitrogen functional groups attached to an aromatic ring is 1. The van der Waals surface area contributed by atoms with Crippen LogP contribution in [0, 0.1) is 11.8 Å². The van der Waals surface area contributed by atoms with Gasteiger partial charge >= 0.3 is 0 Å². The molecular weight excluding hydrogens is 264 g/mol. The van der Waals surface area contributed by atoms with Crippen molar-refractivity contribution in [3.8, 4) is 11.5 Å². The Labute approximate surface area is 127 Å². The third kappa shape index (κ3) is 3.55. The highest BCUT2D eigenvalue weighted by Gasteiger charge is 2.18. The molecule has 1 aliphatic heterocycles. The van der Waals surface area contributed by atoms with Gasteiger partial charge in [-0.2, -0.15) is 0 Å². The lowest BCUT2D eigenvalue weighted by Crippen LogP contribution is -2.17. The van der Waals surface area contributed by atoms with E-state index in [2.05, 4.69) is 12.2 Å². The Morgan fingerprint density at radius 1 is 1.10 bits per heavy atom. The summed E-state index contributed by atoms with van der Waals surface area (Å²) >= 11 is 0. The summed E-state index contributed by atoms with van der Waals surface area (Å²) in [6.45, 7) is 4.54. The van der Waals surface area contributed by atoms with Gasteiger partial charge in [0.05, 0.1) is 11.4 Å². The molecule has 4 nitrogen and oxygen atoms in total. The quantitative estimate of drug-likeness (QED) is 0.831. The minimum Gasteiger partial charge on any atom is -0.486 e. The predicted molar refractivity (Wildman–Crippen MR) is 86.1 cm³/mol. The van der Waals surface area contributed by atoms with Gasteiger partial charge in [0.2, 0.25) is 0 Å². The van der Waals surface area contributed by atoms with E-state index < -0.39 is 0 Å². The average Bonchev–Trinajstić information content (AvgIpc) is 2.50. The molecule has 0 spiro atoms. The summed E-state index contributed by atoms with van der Waals surface area (Å²) in [5, 5.41) is 3.46. The van der Waals surface area contributed by atoms with Crippen molar-refractivity contribution >= 4 is 11.4 Å². The molecule has 0 unspecified atom stereocenters. The zero-order chi connectivity index (χ0) is 14.7. The van der Waals surface area contributed by atoms with E-state index in [0.717, 1.165) is 41.3 Å². The molecule has 0 saturated heterocycles. The lowest BCUT2D eigenvalue weighted by Gasteiger charge is -2.26. The highest BCUT2D eigenvalue weighted by Crippen LogP contribution is 2.37. The molecule has 0 radical (unpaired) electrons. The molecule has 2 aliphatic rings. The second-order valence-corrected chi connectivity index (χ2v) is 6.42. The maximum Gasteiger partial charge on any atom is 0.163 e. The maximum absolute atomic E-state index is 6.08. The fraction of sp³-hybridized carbons (Fsp3) is 0.647. The van der Waals surface area contributed by atoms with E-state index >= 15 is 0 Å². The van der Waals surface area contributed by atoms with Crippen molar-refractivity contribution < 1.29 is 9.47 Å². The molecule has 1 aliphatic carbocycles. The Morgan fingerprint density at radius 2 is 1.76 bits per heavy atom. The number of rotatable bonds is 4. The maximum atomic E-state index is 6.08. The molecule has 0 atom stereocenters. The molecule has 0 amide bonds.